The van der Waals surface area contributed by atoms with Crippen LogP contribution in [-0.2, 0) is 25.5 Å². The first-order valence-electron chi connectivity index (χ1n) is 10.5. The van der Waals surface area contributed by atoms with Crippen molar-refractivity contribution in [3.05, 3.63) is 46.0 Å². The summed E-state index contributed by atoms with van der Waals surface area (Å²) in [5, 5.41) is 14.6. The van der Waals surface area contributed by atoms with Crippen molar-refractivity contribution in [3.8, 4) is 0 Å². The fraction of sp³-hybridized carbons (Fsp3) is 0.524. The van der Waals surface area contributed by atoms with Crippen LogP contribution in [0.4, 0.5) is 4.79 Å². The average molecular weight is 481 g/mol. The second kappa shape index (κ2) is 13.6. The number of rotatable bonds is 11. The van der Waals surface area contributed by atoms with Gasteiger partial charge in [0, 0.05) is 13.0 Å². The monoisotopic (exact) mass is 480 g/mol. The van der Waals surface area contributed by atoms with Crippen molar-refractivity contribution in [1.82, 2.24) is 16.1 Å². The van der Waals surface area contributed by atoms with Gasteiger partial charge in [0.1, 0.15) is 17.7 Å². The molecule has 188 valence electrons. The number of hydrogen-bond donors (Lipinski definition) is 4. The van der Waals surface area contributed by atoms with Crippen LogP contribution in [0, 0.1) is 10.1 Å². The van der Waals surface area contributed by atoms with Gasteiger partial charge in [-0.3, -0.25) is 4.79 Å². The highest BCUT2D eigenvalue weighted by Crippen LogP contribution is 2.09. The minimum Gasteiger partial charge on any atom is -0.467 e. The van der Waals surface area contributed by atoms with E-state index in [4.69, 9.17) is 15.2 Å². The predicted octanol–water partition coefficient (Wildman–Crippen LogP) is 0.656. The first-order chi connectivity index (χ1) is 15.9. The molecule has 1 rings (SSSR count). The molecule has 0 radical (unpaired) electrons. The van der Waals surface area contributed by atoms with Gasteiger partial charge in [-0.25, -0.2) is 24.7 Å². The molecule has 0 bridgehead atoms. The number of benzene rings is 1. The van der Waals surface area contributed by atoms with Crippen molar-refractivity contribution in [2.75, 3.05) is 13.7 Å². The molecular weight excluding hydrogens is 448 g/mol. The second-order valence-corrected chi connectivity index (χ2v) is 8.25. The largest absolute Gasteiger partial charge is 0.467 e. The summed E-state index contributed by atoms with van der Waals surface area (Å²) < 4.78 is 10.0. The number of hydrazine groups is 1. The third-order valence-corrected chi connectivity index (χ3v) is 4.23. The Morgan fingerprint density at radius 1 is 1.15 bits per heavy atom. The van der Waals surface area contributed by atoms with E-state index in [0.29, 0.717) is 0 Å². The van der Waals surface area contributed by atoms with E-state index in [1.165, 1.54) is 7.11 Å². The third kappa shape index (κ3) is 11.6. The highest BCUT2D eigenvalue weighted by Gasteiger charge is 2.28. The van der Waals surface area contributed by atoms with Crippen LogP contribution in [0.3, 0.4) is 0 Å². The predicted molar refractivity (Wildman–Crippen MR) is 123 cm³/mol. The molecule has 0 aliphatic heterocycles. The Bertz CT molecular complexity index is 870. The van der Waals surface area contributed by atoms with Gasteiger partial charge in [0.25, 0.3) is 5.96 Å². The number of ether oxygens (including phenoxy) is 2. The zero-order valence-corrected chi connectivity index (χ0v) is 19.7. The standard InChI is InChI=1S/C21H32N6O7/c1-21(2,3)34-20(30)25-15(11-8-12-23-19(22)26-27(31)32)17(28)24-16(18(29)33-4)13-14-9-6-5-7-10-14/h5-7,9-10,15-16H,8,11-13H2,1-4H3,(H,24,28)(H,25,30)(H3,22,23,26)/t15-,16-/m1/s1. The molecule has 0 spiro atoms. The number of aliphatic imine (C=N–C) groups is 1. The lowest BCUT2D eigenvalue weighted by Gasteiger charge is -2.25. The van der Waals surface area contributed by atoms with Crippen LogP contribution in [0.15, 0.2) is 35.3 Å². The van der Waals surface area contributed by atoms with Gasteiger partial charge in [-0.05, 0) is 39.2 Å². The molecule has 34 heavy (non-hydrogen) atoms. The van der Waals surface area contributed by atoms with Crippen LogP contribution >= 0.6 is 0 Å². The number of carbonyl (C=O) groups excluding carboxylic acids is 3. The zero-order valence-electron chi connectivity index (χ0n) is 19.7. The summed E-state index contributed by atoms with van der Waals surface area (Å²) in [6.07, 6.45) is -0.288. The molecule has 0 heterocycles. The summed E-state index contributed by atoms with van der Waals surface area (Å²) in [5.41, 5.74) is 7.09. The number of carbonyl (C=O) groups is 3. The van der Waals surface area contributed by atoms with E-state index in [-0.39, 0.29) is 31.8 Å². The van der Waals surface area contributed by atoms with Crippen LogP contribution in [0.25, 0.3) is 0 Å². The Kier molecular flexibility index (Phi) is 11.3. The van der Waals surface area contributed by atoms with E-state index in [1.54, 1.807) is 50.5 Å². The summed E-state index contributed by atoms with van der Waals surface area (Å²) in [6.45, 7) is 5.08. The summed E-state index contributed by atoms with van der Waals surface area (Å²) in [6, 6.07) is 6.99. The third-order valence-electron chi connectivity index (χ3n) is 4.23. The highest BCUT2D eigenvalue weighted by atomic mass is 16.7. The van der Waals surface area contributed by atoms with Crippen molar-refractivity contribution in [2.45, 2.75) is 57.7 Å². The minimum absolute atomic E-state index is 0.0525. The average Bonchev–Trinajstić information content (AvgIpc) is 2.73. The van der Waals surface area contributed by atoms with Crippen LogP contribution in [0.5, 0.6) is 0 Å². The van der Waals surface area contributed by atoms with Crippen molar-refractivity contribution >= 4 is 23.9 Å². The molecule has 2 amide bonds. The lowest BCUT2D eigenvalue weighted by Crippen LogP contribution is -2.53. The SMILES string of the molecule is COC(=O)[C@@H](Cc1ccccc1)NC(=O)[C@@H](CCCN=C(N)N[N+](=O)[O-])NC(=O)OC(C)(C)C. The lowest BCUT2D eigenvalue weighted by molar-refractivity contribution is -0.525. The van der Waals surface area contributed by atoms with Crippen LogP contribution < -0.4 is 21.8 Å². The number of nitrogens with zero attached hydrogens (tertiary/aromatic N) is 2. The topological polar surface area (TPSA) is 187 Å². The molecule has 0 aromatic heterocycles. The second-order valence-electron chi connectivity index (χ2n) is 8.25. The summed E-state index contributed by atoms with van der Waals surface area (Å²) in [4.78, 5) is 51.7. The molecule has 13 nitrogen and oxygen atoms in total. The lowest BCUT2D eigenvalue weighted by atomic mass is 10.0. The number of nitrogens with two attached hydrogens (primary N) is 1. The number of alkyl carbamates (subject to hydrolysis) is 1. The van der Waals surface area contributed by atoms with Gasteiger partial charge in [0.2, 0.25) is 5.91 Å². The fourth-order valence-electron chi connectivity index (χ4n) is 2.80. The molecule has 1 aromatic carbocycles. The minimum atomic E-state index is -1.07. The molecule has 0 fully saturated rings. The molecule has 0 unspecified atom stereocenters. The Morgan fingerprint density at radius 3 is 2.35 bits per heavy atom. The van der Waals surface area contributed by atoms with E-state index >= 15 is 0 Å². The van der Waals surface area contributed by atoms with E-state index in [9.17, 15) is 24.5 Å². The van der Waals surface area contributed by atoms with E-state index < -0.39 is 40.7 Å². The van der Waals surface area contributed by atoms with Gasteiger partial charge in [-0.15, -0.1) is 0 Å². The maximum absolute atomic E-state index is 13.0. The molecule has 2 atom stereocenters. The number of esters is 1. The molecule has 0 saturated carbocycles. The van der Waals surface area contributed by atoms with Gasteiger partial charge >= 0.3 is 12.1 Å². The van der Waals surface area contributed by atoms with Gasteiger partial charge in [0.05, 0.1) is 7.11 Å². The highest BCUT2D eigenvalue weighted by molar-refractivity contribution is 5.89. The summed E-state index contributed by atoms with van der Waals surface area (Å²) in [7, 11) is 1.21. The van der Waals surface area contributed by atoms with E-state index in [2.05, 4.69) is 15.6 Å². The maximum Gasteiger partial charge on any atom is 0.408 e. The quantitative estimate of drug-likeness (QED) is 0.0880. The number of methoxy groups -OCH3 is 1. The summed E-state index contributed by atoms with van der Waals surface area (Å²) >= 11 is 0. The smallest absolute Gasteiger partial charge is 0.408 e. The Morgan fingerprint density at radius 2 is 1.79 bits per heavy atom. The Labute approximate surface area is 197 Å². The fourth-order valence-corrected chi connectivity index (χ4v) is 2.80. The maximum atomic E-state index is 13.0. The van der Waals surface area contributed by atoms with Crippen molar-refractivity contribution in [2.24, 2.45) is 10.7 Å². The summed E-state index contributed by atoms with van der Waals surface area (Å²) in [5.74, 6) is -1.66. The molecule has 5 N–H and O–H groups in total. The number of nitrogens with one attached hydrogen (secondary N) is 3. The van der Waals surface area contributed by atoms with E-state index in [0.717, 1.165) is 5.56 Å². The molecule has 0 saturated heterocycles. The Hall–Kier alpha value is -3.90. The normalized spacial score (nSPS) is 13.2. The molecule has 0 aliphatic rings. The van der Waals surface area contributed by atoms with Gasteiger partial charge in [0.15, 0.2) is 5.03 Å². The molecular formula is C21H32N6O7. The van der Waals surface area contributed by atoms with Crippen molar-refractivity contribution in [3.63, 3.8) is 0 Å². The molecule has 1 aromatic rings. The van der Waals surface area contributed by atoms with Gasteiger partial charge in [-0.1, -0.05) is 35.8 Å². The van der Waals surface area contributed by atoms with Crippen LogP contribution in [-0.4, -0.2) is 60.3 Å². The molecule has 13 heteroatoms. The van der Waals surface area contributed by atoms with Gasteiger partial charge < -0.3 is 25.8 Å². The number of guanidine groups is 1. The van der Waals surface area contributed by atoms with Crippen molar-refractivity contribution in [1.29, 1.82) is 0 Å². The number of amides is 2. The Balaban J connectivity index is 2.91. The first kappa shape index (κ1) is 28.1. The van der Waals surface area contributed by atoms with Gasteiger partial charge in [-0.2, -0.15) is 0 Å². The molecule has 0 aliphatic carbocycles. The van der Waals surface area contributed by atoms with Crippen molar-refractivity contribution < 1.29 is 28.9 Å². The van der Waals surface area contributed by atoms with Crippen LogP contribution in [0.2, 0.25) is 0 Å². The zero-order chi connectivity index (χ0) is 25.7. The first-order valence-corrected chi connectivity index (χ1v) is 10.5. The number of nitro groups is 1. The van der Waals surface area contributed by atoms with Crippen LogP contribution in [0.1, 0.15) is 39.2 Å². The number of hydrogen-bond acceptors (Lipinski definition) is 8. The van der Waals surface area contributed by atoms with E-state index in [1.807, 2.05) is 6.07 Å².